The van der Waals surface area contributed by atoms with Crippen molar-refractivity contribution in [2.24, 2.45) is 0 Å². The molecule has 0 saturated heterocycles. The van der Waals surface area contributed by atoms with Crippen LogP contribution in [0.15, 0.2) is 22.6 Å². The number of benzene rings is 1. The van der Waals surface area contributed by atoms with Crippen LogP contribution < -0.4 is 4.74 Å². The number of hydrogen-bond donors (Lipinski definition) is 1. The Bertz CT molecular complexity index is 1030. The summed E-state index contributed by atoms with van der Waals surface area (Å²) in [5.41, 5.74) is 4.24. The second-order valence-corrected chi connectivity index (χ2v) is 7.71. The van der Waals surface area contributed by atoms with Crippen LogP contribution in [0.3, 0.4) is 0 Å². The molecule has 6 nitrogen and oxygen atoms in total. The number of carbonyl (C=O) groups excluding carboxylic acids is 1. The molecule has 2 aliphatic rings. The van der Waals surface area contributed by atoms with E-state index < -0.39 is 0 Å². The van der Waals surface area contributed by atoms with E-state index in [0.717, 1.165) is 18.2 Å². The van der Waals surface area contributed by atoms with Gasteiger partial charge in [-0.15, -0.1) is 0 Å². The lowest BCUT2D eigenvalue weighted by Gasteiger charge is -2.18. The summed E-state index contributed by atoms with van der Waals surface area (Å²) in [6.45, 7) is 1.31. The minimum atomic E-state index is -0.101. The second-order valence-electron chi connectivity index (χ2n) is 7.27. The number of rotatable bonds is 3. The molecule has 1 N–H and O–H groups in total. The zero-order valence-corrected chi connectivity index (χ0v) is 15.8. The molecule has 27 heavy (non-hydrogen) atoms. The zero-order valence-electron chi connectivity index (χ0n) is 15.0. The Morgan fingerprint density at radius 1 is 1.30 bits per heavy atom. The first-order chi connectivity index (χ1) is 13.1. The van der Waals surface area contributed by atoms with Gasteiger partial charge in [-0.05, 0) is 37.0 Å². The number of methoxy groups -OCH3 is 1. The average Bonchev–Trinajstić information content (AvgIpc) is 3.36. The van der Waals surface area contributed by atoms with E-state index in [9.17, 15) is 4.79 Å². The van der Waals surface area contributed by atoms with Crippen LogP contribution in [0.5, 0.6) is 5.75 Å². The Morgan fingerprint density at radius 2 is 2.11 bits per heavy atom. The molecule has 0 spiro atoms. The average molecular weight is 386 g/mol. The molecule has 0 unspecified atom stereocenters. The highest BCUT2D eigenvalue weighted by Gasteiger charge is 2.32. The maximum Gasteiger partial charge on any atom is 0.289 e. The summed E-state index contributed by atoms with van der Waals surface area (Å²) < 4.78 is 11.2. The van der Waals surface area contributed by atoms with Gasteiger partial charge in [0.2, 0.25) is 0 Å². The van der Waals surface area contributed by atoms with Crippen LogP contribution in [0, 0.1) is 0 Å². The van der Waals surface area contributed by atoms with Crippen LogP contribution in [0.2, 0.25) is 5.02 Å². The molecule has 5 rings (SSSR count). The number of nitrogens with zero attached hydrogens (tertiary/aromatic N) is 2. The normalized spacial score (nSPS) is 17.0. The predicted octanol–water partition coefficient (Wildman–Crippen LogP) is 3.94. The smallest absolute Gasteiger partial charge is 0.289 e. The van der Waals surface area contributed by atoms with Crippen molar-refractivity contribution in [3.63, 3.8) is 0 Å². The van der Waals surface area contributed by atoms with Crippen molar-refractivity contribution >= 4 is 28.5 Å². The lowest BCUT2D eigenvalue weighted by atomic mass is 10.1. The molecule has 1 aromatic carbocycles. The minimum absolute atomic E-state index is 0.101. The van der Waals surface area contributed by atoms with Gasteiger partial charge in [-0.1, -0.05) is 11.6 Å². The topological polar surface area (TPSA) is 71.4 Å². The summed E-state index contributed by atoms with van der Waals surface area (Å²) in [6.07, 6.45) is 4.07. The maximum absolute atomic E-state index is 13.0. The van der Waals surface area contributed by atoms with Gasteiger partial charge in [0, 0.05) is 47.6 Å². The summed E-state index contributed by atoms with van der Waals surface area (Å²) in [4.78, 5) is 14.9. The van der Waals surface area contributed by atoms with E-state index in [1.807, 2.05) is 4.90 Å². The first-order valence-corrected chi connectivity index (χ1v) is 9.64. The molecular weight excluding hydrogens is 366 g/mol. The molecule has 1 amide bonds. The molecule has 0 atom stereocenters. The Labute approximate surface area is 161 Å². The largest absolute Gasteiger partial charge is 0.493 e. The number of halogens is 1. The first kappa shape index (κ1) is 16.7. The molecule has 3 aromatic rings. The number of ether oxygens (including phenoxy) is 1. The molecule has 7 heteroatoms. The van der Waals surface area contributed by atoms with Gasteiger partial charge in [-0.25, -0.2) is 0 Å². The lowest BCUT2D eigenvalue weighted by Crippen LogP contribution is -2.33. The Balaban J connectivity index is 1.40. The quantitative estimate of drug-likeness (QED) is 0.741. The van der Waals surface area contributed by atoms with Crippen LogP contribution in [0.4, 0.5) is 0 Å². The summed E-state index contributed by atoms with van der Waals surface area (Å²) >= 11 is 6.12. The van der Waals surface area contributed by atoms with E-state index in [1.165, 1.54) is 29.8 Å². The highest BCUT2D eigenvalue weighted by molar-refractivity contribution is 6.31. The molecule has 0 bridgehead atoms. The van der Waals surface area contributed by atoms with Crippen molar-refractivity contribution < 1.29 is 13.9 Å². The van der Waals surface area contributed by atoms with Crippen LogP contribution >= 0.6 is 11.6 Å². The SMILES string of the molecule is COc1cc(Cl)cc2cc(C(=O)N3CCc4[nH]nc(C5CC5)c4CC3)oc12. The molecular formula is C20H20ClN3O3. The number of furan rings is 1. The summed E-state index contributed by atoms with van der Waals surface area (Å²) in [6, 6.07) is 5.21. The molecule has 3 heterocycles. The summed E-state index contributed by atoms with van der Waals surface area (Å²) in [7, 11) is 1.56. The lowest BCUT2D eigenvalue weighted by molar-refractivity contribution is 0.0733. The summed E-state index contributed by atoms with van der Waals surface area (Å²) in [5.74, 6) is 1.36. The Kier molecular flexibility index (Phi) is 3.90. The Morgan fingerprint density at radius 3 is 2.89 bits per heavy atom. The van der Waals surface area contributed by atoms with Crippen molar-refractivity contribution in [3.8, 4) is 5.75 Å². The predicted molar refractivity (Wildman–Crippen MR) is 102 cm³/mol. The fourth-order valence-electron chi connectivity index (χ4n) is 3.90. The minimum Gasteiger partial charge on any atom is -0.493 e. The van der Waals surface area contributed by atoms with Gasteiger partial charge >= 0.3 is 0 Å². The molecule has 2 aromatic heterocycles. The van der Waals surface area contributed by atoms with Crippen LogP contribution in [0.1, 0.15) is 46.3 Å². The number of hydrogen-bond acceptors (Lipinski definition) is 4. The Hall–Kier alpha value is -2.47. The van der Waals surface area contributed by atoms with Crippen molar-refractivity contribution in [2.75, 3.05) is 20.2 Å². The van der Waals surface area contributed by atoms with Crippen molar-refractivity contribution in [1.82, 2.24) is 15.1 Å². The molecule has 1 aliphatic heterocycles. The maximum atomic E-state index is 13.0. The van der Waals surface area contributed by atoms with E-state index in [1.54, 1.807) is 25.3 Å². The van der Waals surface area contributed by atoms with Gasteiger partial charge < -0.3 is 14.1 Å². The van der Waals surface area contributed by atoms with Gasteiger partial charge in [-0.2, -0.15) is 5.10 Å². The number of carbonyl (C=O) groups is 1. The fourth-order valence-corrected chi connectivity index (χ4v) is 4.12. The number of fused-ring (bicyclic) bond motifs is 2. The van der Waals surface area contributed by atoms with Gasteiger partial charge in [0.25, 0.3) is 5.91 Å². The summed E-state index contributed by atoms with van der Waals surface area (Å²) in [5, 5.41) is 9.01. The van der Waals surface area contributed by atoms with E-state index in [-0.39, 0.29) is 5.91 Å². The third-order valence-electron chi connectivity index (χ3n) is 5.48. The monoisotopic (exact) mass is 385 g/mol. The van der Waals surface area contributed by atoms with Gasteiger partial charge in [0.1, 0.15) is 0 Å². The van der Waals surface area contributed by atoms with E-state index >= 15 is 0 Å². The van der Waals surface area contributed by atoms with Crippen molar-refractivity contribution in [3.05, 3.63) is 45.9 Å². The number of nitrogens with one attached hydrogen (secondary N) is 1. The second kappa shape index (κ2) is 6.30. The number of amides is 1. The molecule has 1 saturated carbocycles. The van der Waals surface area contributed by atoms with E-state index in [2.05, 4.69) is 10.2 Å². The zero-order chi connectivity index (χ0) is 18.5. The molecule has 0 radical (unpaired) electrons. The first-order valence-electron chi connectivity index (χ1n) is 9.26. The van der Waals surface area contributed by atoms with E-state index in [4.69, 9.17) is 20.8 Å². The third-order valence-corrected chi connectivity index (χ3v) is 5.70. The third kappa shape index (κ3) is 2.88. The van der Waals surface area contributed by atoms with Crippen LogP contribution in [0.25, 0.3) is 11.0 Å². The molecule has 1 fully saturated rings. The molecule has 140 valence electrons. The van der Waals surface area contributed by atoms with Crippen LogP contribution in [-0.4, -0.2) is 41.2 Å². The number of aromatic amines is 1. The number of H-pyrrole nitrogens is 1. The molecule has 1 aliphatic carbocycles. The van der Waals surface area contributed by atoms with Gasteiger partial charge in [0.15, 0.2) is 17.1 Å². The standard InChI is InChI=1S/C20H20ClN3O3/c1-26-16-10-13(21)8-12-9-17(27-19(12)16)20(25)24-6-4-14-15(5-7-24)22-23-18(14)11-2-3-11/h8-11H,2-7H2,1H3,(H,22,23). The van der Waals surface area contributed by atoms with E-state index in [0.29, 0.717) is 41.1 Å². The highest BCUT2D eigenvalue weighted by atomic mass is 35.5. The number of aromatic nitrogens is 2. The van der Waals surface area contributed by atoms with Crippen molar-refractivity contribution in [2.45, 2.75) is 31.6 Å². The fraction of sp³-hybridized carbons (Fsp3) is 0.400. The van der Waals surface area contributed by atoms with Gasteiger partial charge in [0.05, 0.1) is 12.8 Å². The van der Waals surface area contributed by atoms with Crippen molar-refractivity contribution in [1.29, 1.82) is 0 Å². The highest BCUT2D eigenvalue weighted by Crippen LogP contribution is 2.41. The van der Waals surface area contributed by atoms with Crippen LogP contribution in [-0.2, 0) is 12.8 Å². The van der Waals surface area contributed by atoms with Gasteiger partial charge in [-0.3, -0.25) is 9.89 Å².